The van der Waals surface area contributed by atoms with Crippen LogP contribution in [0.3, 0.4) is 0 Å². The van der Waals surface area contributed by atoms with Gasteiger partial charge in [0.15, 0.2) is 0 Å². The Morgan fingerprint density at radius 3 is 2.11 bits per heavy atom. The normalized spacial score (nSPS) is 20.5. The smallest absolute Gasteiger partial charge is 0.111 e. The third kappa shape index (κ3) is 1.57. The Kier molecular flexibility index (Phi) is 2.95. The monoisotopic (exact) mass is 247 g/mol. The summed E-state index contributed by atoms with van der Waals surface area (Å²) in [5, 5.41) is 0. The predicted octanol–water partition coefficient (Wildman–Crippen LogP) is 2.51. The average Bonchev–Trinajstić information content (AvgIpc) is 2.61. The number of H-pyrrole nitrogens is 1. The van der Waals surface area contributed by atoms with E-state index in [2.05, 4.69) is 45.7 Å². The lowest BCUT2D eigenvalue weighted by molar-refractivity contribution is 0.265. The summed E-state index contributed by atoms with van der Waals surface area (Å²) in [5.74, 6) is 0.975. The second-order valence-electron chi connectivity index (χ2n) is 6.23. The van der Waals surface area contributed by atoms with Crippen molar-refractivity contribution in [3.63, 3.8) is 0 Å². The van der Waals surface area contributed by atoms with Gasteiger partial charge in [0.25, 0.3) is 0 Å². The van der Waals surface area contributed by atoms with Crippen molar-refractivity contribution in [2.45, 2.75) is 45.7 Å². The van der Waals surface area contributed by atoms with E-state index >= 15 is 0 Å². The zero-order chi connectivity index (χ0) is 13.7. The lowest BCUT2D eigenvalue weighted by Gasteiger charge is -2.44. The number of nitrogens with one attached hydrogen (secondary N) is 1. The van der Waals surface area contributed by atoms with Gasteiger partial charge in [-0.15, -0.1) is 0 Å². The van der Waals surface area contributed by atoms with Crippen LogP contribution >= 0.6 is 0 Å². The summed E-state index contributed by atoms with van der Waals surface area (Å²) in [6, 6.07) is 0. The highest BCUT2D eigenvalue weighted by atomic mass is 15.0. The molecular formula is C15H25N3. The van der Waals surface area contributed by atoms with E-state index in [-0.39, 0.29) is 5.41 Å². The van der Waals surface area contributed by atoms with Crippen LogP contribution in [0, 0.1) is 18.8 Å². The van der Waals surface area contributed by atoms with E-state index in [0.29, 0.717) is 11.8 Å². The maximum atomic E-state index is 6.23. The minimum absolute atomic E-state index is 0.00810. The highest BCUT2D eigenvalue weighted by Gasteiger charge is 2.45. The third-order valence-corrected chi connectivity index (χ3v) is 4.49. The number of aryl methyl sites for hydroxylation is 1. The quantitative estimate of drug-likeness (QED) is 0.555. The van der Waals surface area contributed by atoms with Crippen LogP contribution in [0.4, 0.5) is 0 Å². The molecule has 1 aliphatic rings. The molecule has 5 N–H and O–H groups in total. The Bertz CT molecular complexity index is 470. The molecule has 0 atom stereocenters. The van der Waals surface area contributed by atoms with E-state index in [0.717, 1.165) is 11.1 Å². The Hall–Kier alpha value is -1.06. The number of aromatic nitrogens is 1. The molecule has 1 aromatic heterocycles. The van der Waals surface area contributed by atoms with Crippen LogP contribution in [-0.4, -0.2) is 4.98 Å². The highest BCUT2D eigenvalue weighted by Crippen LogP contribution is 2.47. The van der Waals surface area contributed by atoms with E-state index in [9.17, 15) is 0 Å². The average molecular weight is 247 g/mol. The largest absolute Gasteiger partial charge is 0.364 e. The standard InChI is InChI=1S/C15H25N3/c1-9(2)14(10(3)4)6-7-15(16,17)12-11(5)8-18-13(12)14/h6-10,18H,16-17H2,1-5H3. The van der Waals surface area contributed by atoms with Gasteiger partial charge in [-0.2, -0.15) is 0 Å². The zero-order valence-electron chi connectivity index (χ0n) is 12.0. The fraction of sp³-hybridized carbons (Fsp3) is 0.600. The summed E-state index contributed by atoms with van der Waals surface area (Å²) in [6.07, 6.45) is 6.20. The molecule has 1 heterocycles. The lowest BCUT2D eigenvalue weighted by atomic mass is 9.62. The minimum atomic E-state index is -0.854. The molecule has 0 aliphatic heterocycles. The molecule has 0 saturated carbocycles. The summed E-state index contributed by atoms with van der Waals surface area (Å²) in [7, 11) is 0. The van der Waals surface area contributed by atoms with Crippen LogP contribution in [0.25, 0.3) is 0 Å². The van der Waals surface area contributed by atoms with Crippen molar-refractivity contribution in [3.8, 4) is 0 Å². The van der Waals surface area contributed by atoms with Crippen molar-refractivity contribution in [1.82, 2.24) is 4.98 Å². The number of fused-ring (bicyclic) bond motifs is 1. The van der Waals surface area contributed by atoms with Crippen molar-refractivity contribution >= 4 is 0 Å². The van der Waals surface area contributed by atoms with Crippen LogP contribution in [-0.2, 0) is 11.1 Å². The molecule has 0 bridgehead atoms. The first-order valence-corrected chi connectivity index (χ1v) is 6.70. The fourth-order valence-corrected chi connectivity index (χ4v) is 3.49. The van der Waals surface area contributed by atoms with Gasteiger partial charge in [0, 0.05) is 22.9 Å². The van der Waals surface area contributed by atoms with Crippen molar-refractivity contribution in [2.24, 2.45) is 23.3 Å². The summed E-state index contributed by atoms with van der Waals surface area (Å²) in [5.41, 5.74) is 15.0. The number of hydrogen-bond acceptors (Lipinski definition) is 2. The van der Waals surface area contributed by atoms with Crippen molar-refractivity contribution in [1.29, 1.82) is 0 Å². The molecule has 100 valence electrons. The molecule has 0 spiro atoms. The molecule has 1 aliphatic carbocycles. The van der Waals surface area contributed by atoms with Gasteiger partial charge in [0.05, 0.1) is 0 Å². The molecule has 3 nitrogen and oxygen atoms in total. The second-order valence-corrected chi connectivity index (χ2v) is 6.23. The Morgan fingerprint density at radius 2 is 1.61 bits per heavy atom. The van der Waals surface area contributed by atoms with E-state index in [1.807, 2.05) is 12.3 Å². The lowest BCUT2D eigenvalue weighted by Crippen LogP contribution is -2.51. The molecule has 0 saturated heterocycles. The maximum absolute atomic E-state index is 6.23. The van der Waals surface area contributed by atoms with E-state index in [1.54, 1.807) is 0 Å². The first kappa shape index (κ1) is 13.4. The van der Waals surface area contributed by atoms with Crippen LogP contribution in [0.1, 0.15) is 44.5 Å². The zero-order valence-corrected chi connectivity index (χ0v) is 12.0. The van der Waals surface area contributed by atoms with E-state index in [4.69, 9.17) is 11.5 Å². The van der Waals surface area contributed by atoms with Gasteiger partial charge in [-0.1, -0.05) is 33.8 Å². The Labute approximate surface area is 110 Å². The minimum Gasteiger partial charge on any atom is -0.364 e. The molecule has 0 unspecified atom stereocenters. The van der Waals surface area contributed by atoms with Gasteiger partial charge in [-0.05, 0) is 30.4 Å². The first-order chi connectivity index (χ1) is 8.23. The van der Waals surface area contributed by atoms with Crippen LogP contribution in [0.5, 0.6) is 0 Å². The van der Waals surface area contributed by atoms with E-state index in [1.165, 1.54) is 5.69 Å². The molecule has 0 amide bonds. The number of rotatable bonds is 2. The molecular weight excluding hydrogens is 222 g/mol. The molecule has 2 rings (SSSR count). The van der Waals surface area contributed by atoms with Crippen molar-refractivity contribution in [2.75, 3.05) is 0 Å². The number of hydrogen-bond donors (Lipinski definition) is 3. The highest BCUT2D eigenvalue weighted by molar-refractivity contribution is 5.49. The molecule has 0 radical (unpaired) electrons. The number of allylic oxidation sites excluding steroid dienone is 1. The molecule has 0 fully saturated rings. The fourth-order valence-electron chi connectivity index (χ4n) is 3.49. The van der Waals surface area contributed by atoms with Crippen LogP contribution < -0.4 is 11.5 Å². The van der Waals surface area contributed by atoms with Gasteiger partial charge in [-0.25, -0.2) is 0 Å². The van der Waals surface area contributed by atoms with Gasteiger partial charge >= 0.3 is 0 Å². The summed E-state index contributed by atoms with van der Waals surface area (Å²) in [6.45, 7) is 11.1. The van der Waals surface area contributed by atoms with Crippen LogP contribution in [0.2, 0.25) is 0 Å². The number of aromatic amines is 1. The number of nitrogens with two attached hydrogens (primary N) is 2. The van der Waals surface area contributed by atoms with Crippen molar-refractivity contribution in [3.05, 3.63) is 35.2 Å². The maximum Gasteiger partial charge on any atom is 0.111 e. The van der Waals surface area contributed by atoms with Gasteiger partial charge in [-0.3, -0.25) is 0 Å². The van der Waals surface area contributed by atoms with Gasteiger partial charge < -0.3 is 16.5 Å². The summed E-state index contributed by atoms with van der Waals surface area (Å²) < 4.78 is 0. The first-order valence-electron chi connectivity index (χ1n) is 6.70. The van der Waals surface area contributed by atoms with Crippen LogP contribution in [0.15, 0.2) is 18.3 Å². The Morgan fingerprint density at radius 1 is 1.06 bits per heavy atom. The molecule has 3 heteroatoms. The van der Waals surface area contributed by atoms with E-state index < -0.39 is 5.66 Å². The molecule has 1 aromatic rings. The second kappa shape index (κ2) is 3.97. The van der Waals surface area contributed by atoms with Gasteiger partial charge in [0.1, 0.15) is 5.66 Å². The summed E-state index contributed by atoms with van der Waals surface area (Å²) >= 11 is 0. The third-order valence-electron chi connectivity index (χ3n) is 4.49. The SMILES string of the molecule is Cc1c[nH]c2c1C(N)(N)C=CC2(C(C)C)C(C)C. The predicted molar refractivity (Wildman–Crippen MR) is 76.1 cm³/mol. The molecule has 0 aromatic carbocycles. The van der Waals surface area contributed by atoms with Crippen molar-refractivity contribution < 1.29 is 0 Å². The summed E-state index contributed by atoms with van der Waals surface area (Å²) in [4.78, 5) is 3.42. The topological polar surface area (TPSA) is 67.8 Å². The van der Waals surface area contributed by atoms with Gasteiger partial charge in [0.2, 0.25) is 0 Å². The Balaban J connectivity index is 2.74. The molecule has 18 heavy (non-hydrogen) atoms.